The number of ether oxygens (including phenoxy) is 1. The minimum absolute atomic E-state index is 0.140. The smallest absolute Gasteiger partial charge is 0.407 e. The van der Waals surface area contributed by atoms with Gasteiger partial charge in [-0.05, 0) is 25.8 Å². The SMILES string of the molecule is O=C(NCC(F)(F)F)OCCC1CCCCN1. The molecule has 0 saturated carbocycles. The molecule has 100 valence electrons. The summed E-state index contributed by atoms with van der Waals surface area (Å²) in [5.41, 5.74) is 0. The van der Waals surface area contributed by atoms with E-state index in [1.54, 1.807) is 5.32 Å². The molecule has 1 amide bonds. The zero-order chi connectivity index (χ0) is 12.7. The molecule has 0 aromatic heterocycles. The van der Waals surface area contributed by atoms with Gasteiger partial charge in [0.2, 0.25) is 0 Å². The van der Waals surface area contributed by atoms with Crippen molar-refractivity contribution in [2.24, 2.45) is 0 Å². The van der Waals surface area contributed by atoms with Crippen LogP contribution in [-0.2, 0) is 4.74 Å². The van der Waals surface area contributed by atoms with Gasteiger partial charge in [0.05, 0.1) is 6.61 Å². The van der Waals surface area contributed by atoms with Crippen LogP contribution in [0.4, 0.5) is 18.0 Å². The van der Waals surface area contributed by atoms with Crippen LogP contribution in [0.25, 0.3) is 0 Å². The van der Waals surface area contributed by atoms with Gasteiger partial charge in [-0.15, -0.1) is 0 Å². The van der Waals surface area contributed by atoms with Crippen LogP contribution in [-0.4, -0.2) is 38.0 Å². The summed E-state index contributed by atoms with van der Waals surface area (Å²) in [6, 6.07) is 0.305. The second-order valence-corrected chi connectivity index (χ2v) is 4.04. The molecule has 0 aromatic carbocycles. The zero-order valence-electron chi connectivity index (χ0n) is 9.48. The van der Waals surface area contributed by atoms with Gasteiger partial charge >= 0.3 is 12.3 Å². The first-order chi connectivity index (χ1) is 7.97. The Kier molecular flexibility index (Phi) is 5.54. The van der Waals surface area contributed by atoms with Crippen LogP contribution in [0.2, 0.25) is 0 Å². The van der Waals surface area contributed by atoms with E-state index in [1.807, 2.05) is 0 Å². The zero-order valence-corrected chi connectivity index (χ0v) is 9.48. The third kappa shape index (κ3) is 7.04. The van der Waals surface area contributed by atoms with E-state index in [0.717, 1.165) is 25.8 Å². The van der Waals surface area contributed by atoms with Crippen LogP contribution in [0.15, 0.2) is 0 Å². The number of carbonyl (C=O) groups is 1. The number of alkyl carbamates (subject to hydrolysis) is 1. The van der Waals surface area contributed by atoms with Crippen molar-refractivity contribution < 1.29 is 22.7 Å². The standard InChI is InChI=1S/C10H17F3N2O2/c11-10(12,13)7-15-9(16)17-6-4-8-3-1-2-5-14-8/h8,14H,1-7H2,(H,15,16). The predicted octanol–water partition coefficient (Wildman–Crippen LogP) is 1.81. The molecule has 1 aliphatic heterocycles. The second-order valence-electron chi connectivity index (χ2n) is 4.04. The van der Waals surface area contributed by atoms with E-state index in [2.05, 4.69) is 10.1 Å². The molecular formula is C10H17F3N2O2. The fraction of sp³-hybridized carbons (Fsp3) is 0.900. The molecule has 1 heterocycles. The van der Waals surface area contributed by atoms with E-state index in [0.29, 0.717) is 12.5 Å². The molecule has 7 heteroatoms. The van der Waals surface area contributed by atoms with Gasteiger partial charge in [-0.25, -0.2) is 4.79 Å². The molecule has 0 bridgehead atoms. The number of hydrogen-bond donors (Lipinski definition) is 2. The Morgan fingerprint density at radius 2 is 2.18 bits per heavy atom. The lowest BCUT2D eigenvalue weighted by atomic mass is 10.0. The van der Waals surface area contributed by atoms with E-state index < -0.39 is 18.8 Å². The van der Waals surface area contributed by atoms with E-state index >= 15 is 0 Å². The molecule has 0 radical (unpaired) electrons. The van der Waals surface area contributed by atoms with Crippen molar-refractivity contribution in [2.45, 2.75) is 37.9 Å². The highest BCUT2D eigenvalue weighted by Gasteiger charge is 2.28. The summed E-state index contributed by atoms with van der Waals surface area (Å²) in [5.74, 6) is 0. The van der Waals surface area contributed by atoms with Crippen molar-refractivity contribution in [3.63, 3.8) is 0 Å². The Bertz CT molecular complexity index is 240. The third-order valence-electron chi connectivity index (χ3n) is 2.55. The van der Waals surface area contributed by atoms with Gasteiger partial charge < -0.3 is 15.4 Å². The maximum absolute atomic E-state index is 11.7. The van der Waals surface area contributed by atoms with Crippen LogP contribution in [0.3, 0.4) is 0 Å². The van der Waals surface area contributed by atoms with Gasteiger partial charge in [0.25, 0.3) is 0 Å². The van der Waals surface area contributed by atoms with Crippen molar-refractivity contribution in [3.8, 4) is 0 Å². The number of amides is 1. The summed E-state index contributed by atoms with van der Waals surface area (Å²) in [7, 11) is 0. The molecule has 0 spiro atoms. The highest BCUT2D eigenvalue weighted by molar-refractivity contribution is 5.67. The van der Waals surface area contributed by atoms with Crippen LogP contribution in [0.1, 0.15) is 25.7 Å². The monoisotopic (exact) mass is 254 g/mol. The number of nitrogens with one attached hydrogen (secondary N) is 2. The predicted molar refractivity (Wildman–Crippen MR) is 55.7 cm³/mol. The quantitative estimate of drug-likeness (QED) is 0.804. The molecule has 1 atom stereocenters. The van der Waals surface area contributed by atoms with Gasteiger partial charge in [-0.3, -0.25) is 0 Å². The summed E-state index contributed by atoms with van der Waals surface area (Å²) in [6.45, 7) is -0.264. The second kappa shape index (κ2) is 6.68. The number of carbonyl (C=O) groups excluding carboxylic acids is 1. The van der Waals surface area contributed by atoms with Gasteiger partial charge in [-0.2, -0.15) is 13.2 Å². The average Bonchev–Trinajstić information content (AvgIpc) is 2.27. The van der Waals surface area contributed by atoms with E-state index in [9.17, 15) is 18.0 Å². The molecular weight excluding hydrogens is 237 g/mol. The molecule has 1 fully saturated rings. The Labute approximate surface area is 97.9 Å². The number of alkyl halides is 3. The Morgan fingerprint density at radius 3 is 2.76 bits per heavy atom. The van der Waals surface area contributed by atoms with Crippen molar-refractivity contribution in [2.75, 3.05) is 19.7 Å². The maximum Gasteiger partial charge on any atom is 0.407 e. The van der Waals surface area contributed by atoms with Crippen molar-refractivity contribution in [3.05, 3.63) is 0 Å². The minimum Gasteiger partial charge on any atom is -0.449 e. The van der Waals surface area contributed by atoms with Crippen LogP contribution < -0.4 is 10.6 Å². The van der Waals surface area contributed by atoms with Crippen LogP contribution in [0.5, 0.6) is 0 Å². The number of hydrogen-bond acceptors (Lipinski definition) is 3. The summed E-state index contributed by atoms with van der Waals surface area (Å²) >= 11 is 0. The lowest BCUT2D eigenvalue weighted by Crippen LogP contribution is -2.37. The van der Waals surface area contributed by atoms with E-state index in [4.69, 9.17) is 0 Å². The summed E-state index contributed by atoms with van der Waals surface area (Å²) in [4.78, 5) is 10.9. The molecule has 2 N–H and O–H groups in total. The van der Waals surface area contributed by atoms with Crippen molar-refractivity contribution in [1.82, 2.24) is 10.6 Å². The minimum atomic E-state index is -4.40. The molecule has 1 saturated heterocycles. The normalized spacial score (nSPS) is 21.0. The molecule has 1 unspecified atom stereocenters. The lowest BCUT2D eigenvalue weighted by Gasteiger charge is -2.23. The van der Waals surface area contributed by atoms with Gasteiger partial charge in [0.1, 0.15) is 6.54 Å². The Balaban J connectivity index is 2.03. The third-order valence-corrected chi connectivity index (χ3v) is 2.55. The van der Waals surface area contributed by atoms with Crippen molar-refractivity contribution in [1.29, 1.82) is 0 Å². The highest BCUT2D eigenvalue weighted by atomic mass is 19.4. The molecule has 1 rings (SSSR count). The number of rotatable bonds is 4. The average molecular weight is 254 g/mol. The molecule has 17 heavy (non-hydrogen) atoms. The molecule has 0 aromatic rings. The fourth-order valence-corrected chi connectivity index (χ4v) is 1.69. The topological polar surface area (TPSA) is 50.4 Å². The van der Waals surface area contributed by atoms with Crippen molar-refractivity contribution >= 4 is 6.09 Å². The van der Waals surface area contributed by atoms with E-state index in [1.165, 1.54) is 0 Å². The van der Waals surface area contributed by atoms with Gasteiger partial charge in [-0.1, -0.05) is 6.42 Å². The number of halogens is 3. The molecule has 1 aliphatic rings. The lowest BCUT2D eigenvalue weighted by molar-refractivity contribution is -0.123. The first-order valence-corrected chi connectivity index (χ1v) is 5.68. The summed E-state index contributed by atoms with van der Waals surface area (Å²) in [5, 5.41) is 4.91. The largest absolute Gasteiger partial charge is 0.449 e. The van der Waals surface area contributed by atoms with Crippen LogP contribution >= 0.6 is 0 Å². The first-order valence-electron chi connectivity index (χ1n) is 5.68. The number of piperidine rings is 1. The van der Waals surface area contributed by atoms with E-state index in [-0.39, 0.29) is 6.61 Å². The highest BCUT2D eigenvalue weighted by Crippen LogP contribution is 2.12. The first kappa shape index (κ1) is 14.1. The van der Waals surface area contributed by atoms with Crippen LogP contribution in [0, 0.1) is 0 Å². The maximum atomic E-state index is 11.7. The molecule has 0 aliphatic carbocycles. The molecule has 4 nitrogen and oxygen atoms in total. The summed E-state index contributed by atoms with van der Waals surface area (Å²) in [6.07, 6.45) is -1.48. The summed E-state index contributed by atoms with van der Waals surface area (Å²) < 4.78 is 39.9. The Morgan fingerprint density at radius 1 is 1.41 bits per heavy atom. The Hall–Kier alpha value is -0.980. The van der Waals surface area contributed by atoms with Gasteiger partial charge in [0.15, 0.2) is 0 Å². The fourth-order valence-electron chi connectivity index (χ4n) is 1.69. The van der Waals surface area contributed by atoms with Gasteiger partial charge in [0, 0.05) is 6.04 Å².